The summed E-state index contributed by atoms with van der Waals surface area (Å²) in [6.07, 6.45) is 9.83. The van der Waals surface area contributed by atoms with E-state index in [4.69, 9.17) is 11.6 Å². The van der Waals surface area contributed by atoms with Gasteiger partial charge in [0.25, 0.3) is 0 Å². The minimum atomic E-state index is 0.247. The van der Waals surface area contributed by atoms with Gasteiger partial charge in [0, 0.05) is 43.2 Å². The molecule has 0 aromatic heterocycles. The lowest BCUT2D eigenvalue weighted by atomic mass is 9.78. The molecule has 2 aliphatic carbocycles. The minimum absolute atomic E-state index is 0.247. The molecule has 1 aromatic carbocycles. The lowest BCUT2D eigenvalue weighted by molar-refractivity contribution is -0.138. The van der Waals surface area contributed by atoms with E-state index in [2.05, 4.69) is 21.9 Å². The third-order valence-corrected chi connectivity index (χ3v) is 7.14. The lowest BCUT2D eigenvalue weighted by Crippen LogP contribution is -2.52. The smallest absolute Gasteiger partial charge is 0.225 e. The highest BCUT2D eigenvalue weighted by Gasteiger charge is 2.33. The molecule has 0 radical (unpaired) electrons. The fraction of sp³-hybridized carbons (Fsp3) is 0.682. The highest BCUT2D eigenvalue weighted by Crippen LogP contribution is 2.37. The van der Waals surface area contributed by atoms with Crippen molar-refractivity contribution in [1.82, 2.24) is 9.80 Å². The Morgan fingerprint density at radius 2 is 1.46 bits per heavy atom. The monoisotopic (exact) mass is 374 g/mol. The van der Waals surface area contributed by atoms with Crippen LogP contribution in [0.3, 0.4) is 0 Å². The second-order valence-electron chi connectivity index (χ2n) is 8.40. The van der Waals surface area contributed by atoms with E-state index in [9.17, 15) is 4.79 Å². The second-order valence-corrected chi connectivity index (χ2v) is 8.84. The van der Waals surface area contributed by atoms with Gasteiger partial charge in [-0.2, -0.15) is 0 Å². The number of halogens is 1. The van der Waals surface area contributed by atoms with Gasteiger partial charge in [-0.05, 0) is 62.1 Å². The summed E-state index contributed by atoms with van der Waals surface area (Å²) < 4.78 is 0. The van der Waals surface area contributed by atoms with E-state index in [0.717, 1.165) is 62.9 Å². The van der Waals surface area contributed by atoms with Crippen LogP contribution < -0.4 is 0 Å². The predicted octanol–water partition coefficient (Wildman–Crippen LogP) is 4.70. The van der Waals surface area contributed by atoms with Crippen molar-refractivity contribution in [2.24, 2.45) is 5.92 Å². The Balaban J connectivity index is 1.25. The van der Waals surface area contributed by atoms with Gasteiger partial charge in [0.15, 0.2) is 0 Å². The van der Waals surface area contributed by atoms with Gasteiger partial charge in [-0.1, -0.05) is 36.6 Å². The van der Waals surface area contributed by atoms with E-state index < -0.39 is 0 Å². The van der Waals surface area contributed by atoms with E-state index in [0.29, 0.717) is 11.8 Å². The quantitative estimate of drug-likeness (QED) is 0.765. The summed E-state index contributed by atoms with van der Waals surface area (Å²) in [5, 5.41) is 0.800. The number of rotatable bonds is 3. The van der Waals surface area contributed by atoms with Gasteiger partial charge < -0.3 is 4.90 Å². The summed E-state index contributed by atoms with van der Waals surface area (Å²) in [4.78, 5) is 17.7. The summed E-state index contributed by atoms with van der Waals surface area (Å²) in [6, 6.07) is 9.06. The summed E-state index contributed by atoms with van der Waals surface area (Å²) in [6.45, 7) is 4.03. The van der Waals surface area contributed by atoms with Crippen molar-refractivity contribution in [1.29, 1.82) is 0 Å². The molecule has 1 amide bonds. The second kappa shape index (κ2) is 8.31. The zero-order valence-corrected chi connectivity index (χ0v) is 16.5. The summed E-state index contributed by atoms with van der Waals surface area (Å²) >= 11 is 6.00. The zero-order valence-electron chi connectivity index (χ0n) is 15.7. The fourth-order valence-corrected chi connectivity index (χ4v) is 5.37. The molecular formula is C22H31ClN2O. The summed E-state index contributed by atoms with van der Waals surface area (Å²) in [5.41, 5.74) is 1.38. The van der Waals surface area contributed by atoms with Crippen LogP contribution in [0.4, 0.5) is 0 Å². The van der Waals surface area contributed by atoms with E-state index in [1.165, 1.54) is 31.2 Å². The first-order valence-corrected chi connectivity index (χ1v) is 10.9. The molecule has 0 atom stereocenters. The highest BCUT2D eigenvalue weighted by molar-refractivity contribution is 6.30. The summed E-state index contributed by atoms with van der Waals surface area (Å²) in [5.74, 6) is 1.26. The molecule has 1 aliphatic heterocycles. The first-order chi connectivity index (χ1) is 12.7. The lowest BCUT2D eigenvalue weighted by Gasteiger charge is -2.40. The normalized spacial score (nSPS) is 28.4. The first kappa shape index (κ1) is 18.3. The van der Waals surface area contributed by atoms with Gasteiger partial charge in [-0.3, -0.25) is 9.69 Å². The van der Waals surface area contributed by atoms with Gasteiger partial charge >= 0.3 is 0 Å². The first-order valence-electron chi connectivity index (χ1n) is 10.5. The third-order valence-electron chi connectivity index (χ3n) is 6.88. The Kier molecular flexibility index (Phi) is 5.85. The molecular weight excluding hydrogens is 344 g/mol. The number of hydrogen-bond acceptors (Lipinski definition) is 2. The molecule has 3 nitrogen and oxygen atoms in total. The van der Waals surface area contributed by atoms with Crippen molar-refractivity contribution < 1.29 is 4.79 Å². The maximum absolute atomic E-state index is 13.0. The Morgan fingerprint density at radius 1 is 0.846 bits per heavy atom. The van der Waals surface area contributed by atoms with E-state index in [1.54, 1.807) is 0 Å². The van der Waals surface area contributed by atoms with Gasteiger partial charge in [0.1, 0.15) is 0 Å². The zero-order chi connectivity index (χ0) is 17.9. The van der Waals surface area contributed by atoms with E-state index in [1.807, 2.05) is 12.1 Å². The summed E-state index contributed by atoms with van der Waals surface area (Å²) in [7, 11) is 0. The molecule has 4 rings (SSSR count). The van der Waals surface area contributed by atoms with E-state index in [-0.39, 0.29) is 5.92 Å². The molecule has 0 N–H and O–H groups in total. The molecule has 0 spiro atoms. The predicted molar refractivity (Wildman–Crippen MR) is 107 cm³/mol. The molecule has 1 saturated heterocycles. The number of amides is 1. The van der Waals surface area contributed by atoms with E-state index >= 15 is 0 Å². The van der Waals surface area contributed by atoms with Crippen LogP contribution in [0.25, 0.3) is 0 Å². The van der Waals surface area contributed by atoms with Crippen molar-refractivity contribution in [3.63, 3.8) is 0 Å². The van der Waals surface area contributed by atoms with Crippen LogP contribution in [0, 0.1) is 5.92 Å². The fourth-order valence-electron chi connectivity index (χ4n) is 5.24. The number of hydrogen-bond donors (Lipinski definition) is 0. The molecule has 3 aliphatic rings. The average molecular weight is 375 g/mol. The van der Waals surface area contributed by atoms with Crippen molar-refractivity contribution in [3.05, 3.63) is 34.9 Å². The van der Waals surface area contributed by atoms with Crippen molar-refractivity contribution in [3.8, 4) is 0 Å². The molecule has 0 unspecified atom stereocenters. The Bertz CT molecular complexity index is 595. The maximum atomic E-state index is 13.0. The number of nitrogens with zero attached hydrogens (tertiary/aromatic N) is 2. The molecule has 26 heavy (non-hydrogen) atoms. The van der Waals surface area contributed by atoms with Crippen LogP contribution in [-0.2, 0) is 4.79 Å². The molecule has 0 bridgehead atoms. The number of piperazine rings is 1. The van der Waals surface area contributed by atoms with Crippen molar-refractivity contribution in [2.45, 2.75) is 63.3 Å². The van der Waals surface area contributed by atoms with Crippen molar-refractivity contribution >= 4 is 17.5 Å². The number of benzene rings is 1. The Morgan fingerprint density at radius 3 is 2.08 bits per heavy atom. The molecule has 4 heteroatoms. The van der Waals surface area contributed by atoms with Gasteiger partial charge in [-0.15, -0.1) is 0 Å². The van der Waals surface area contributed by atoms with Gasteiger partial charge in [0.05, 0.1) is 0 Å². The SMILES string of the molecule is O=C(C1CCC(c2ccc(Cl)cc2)CC1)N1CCN(C2CCCC2)CC1. The largest absolute Gasteiger partial charge is 0.340 e. The van der Waals surface area contributed by atoms with Crippen LogP contribution >= 0.6 is 11.6 Å². The topological polar surface area (TPSA) is 23.6 Å². The Hall–Kier alpha value is -1.06. The van der Waals surface area contributed by atoms with Gasteiger partial charge in [-0.25, -0.2) is 0 Å². The van der Waals surface area contributed by atoms with Gasteiger partial charge in [0.2, 0.25) is 5.91 Å². The molecule has 1 heterocycles. The molecule has 142 valence electrons. The van der Waals surface area contributed by atoms with Crippen LogP contribution in [0.5, 0.6) is 0 Å². The van der Waals surface area contributed by atoms with Crippen LogP contribution in [0.2, 0.25) is 5.02 Å². The van der Waals surface area contributed by atoms with Crippen LogP contribution in [-0.4, -0.2) is 47.9 Å². The molecule has 2 saturated carbocycles. The Labute approximate surface area is 162 Å². The van der Waals surface area contributed by atoms with Crippen LogP contribution in [0.15, 0.2) is 24.3 Å². The minimum Gasteiger partial charge on any atom is -0.340 e. The van der Waals surface area contributed by atoms with Crippen LogP contribution in [0.1, 0.15) is 62.8 Å². The highest BCUT2D eigenvalue weighted by atomic mass is 35.5. The average Bonchev–Trinajstić information content (AvgIpc) is 3.23. The van der Waals surface area contributed by atoms with Crippen molar-refractivity contribution in [2.75, 3.05) is 26.2 Å². The standard InChI is InChI=1S/C22H31ClN2O/c23-20-11-9-18(10-12-20)17-5-7-19(8-6-17)22(26)25-15-13-24(14-16-25)21-3-1-2-4-21/h9-12,17,19,21H,1-8,13-16H2. The maximum Gasteiger partial charge on any atom is 0.225 e. The number of carbonyl (C=O) groups excluding carboxylic acids is 1. The third kappa shape index (κ3) is 4.09. The number of carbonyl (C=O) groups is 1. The molecule has 3 fully saturated rings. The molecule has 1 aromatic rings.